The average molecular weight is 442 g/mol. The molecule has 2 aromatic rings. The van der Waals surface area contributed by atoms with Crippen LogP contribution in [0.5, 0.6) is 0 Å². The van der Waals surface area contributed by atoms with Crippen LogP contribution >= 0.6 is 0 Å². The molecule has 2 aliphatic rings. The fourth-order valence-corrected chi connectivity index (χ4v) is 4.38. The molecular weight excluding hydrogens is 410 g/mol. The lowest BCUT2D eigenvalue weighted by Gasteiger charge is -2.31. The standard InChI is InChI=1S/C22H31N7O3/c1-15(30)29-8-5-17(6-9-29)26-22-10-19(23-14-24-22)21(32)3-2-18(31)12-28-7-4-16-11-25-27-20(16)13-28/h10-11,14,17-18,31H,2-9,12-13H2,1H3,(H,25,27)(H,23,24,26)/t18-/m0/s1. The molecule has 0 spiro atoms. The molecule has 0 aromatic carbocycles. The van der Waals surface area contributed by atoms with E-state index in [4.69, 9.17) is 0 Å². The number of Topliss-reactive ketones (excluding diaryl/α,β-unsaturated/α-hetero) is 1. The van der Waals surface area contributed by atoms with Crippen LogP contribution in [0.25, 0.3) is 0 Å². The van der Waals surface area contributed by atoms with Gasteiger partial charge in [0.05, 0.1) is 18.0 Å². The minimum Gasteiger partial charge on any atom is -0.392 e. The SMILES string of the molecule is CC(=O)N1CCC(Nc2cc(C(=O)CC[C@H](O)CN3CCc4cn[nH]c4C3)ncn2)CC1. The average Bonchev–Trinajstić information content (AvgIpc) is 3.26. The molecule has 0 unspecified atom stereocenters. The van der Waals surface area contributed by atoms with Crippen LogP contribution in [-0.4, -0.2) is 85.1 Å². The molecule has 0 bridgehead atoms. The maximum atomic E-state index is 12.6. The topological polar surface area (TPSA) is 127 Å². The summed E-state index contributed by atoms with van der Waals surface area (Å²) < 4.78 is 0. The third kappa shape index (κ3) is 5.68. The molecule has 172 valence electrons. The van der Waals surface area contributed by atoms with Crippen molar-refractivity contribution in [1.82, 2.24) is 30.0 Å². The molecule has 10 heteroatoms. The number of ketones is 1. The number of nitrogens with zero attached hydrogens (tertiary/aromatic N) is 5. The van der Waals surface area contributed by atoms with Crippen molar-refractivity contribution in [3.05, 3.63) is 35.5 Å². The zero-order chi connectivity index (χ0) is 22.5. The predicted molar refractivity (Wildman–Crippen MR) is 118 cm³/mol. The van der Waals surface area contributed by atoms with Crippen LogP contribution in [0.4, 0.5) is 5.82 Å². The van der Waals surface area contributed by atoms with E-state index in [1.807, 2.05) is 11.1 Å². The van der Waals surface area contributed by atoms with E-state index in [1.54, 1.807) is 13.0 Å². The molecule has 3 N–H and O–H groups in total. The van der Waals surface area contributed by atoms with Gasteiger partial charge in [-0.3, -0.25) is 19.6 Å². The Labute approximate surface area is 187 Å². The molecule has 10 nitrogen and oxygen atoms in total. The molecule has 1 amide bonds. The van der Waals surface area contributed by atoms with Crippen LogP contribution in [0.15, 0.2) is 18.6 Å². The van der Waals surface area contributed by atoms with E-state index in [0.717, 1.165) is 51.1 Å². The summed E-state index contributed by atoms with van der Waals surface area (Å²) in [5, 5.41) is 20.9. The number of likely N-dealkylation sites (tertiary alicyclic amines) is 1. The molecule has 2 aliphatic heterocycles. The maximum absolute atomic E-state index is 12.6. The molecule has 1 saturated heterocycles. The van der Waals surface area contributed by atoms with Crippen LogP contribution in [-0.2, 0) is 17.8 Å². The van der Waals surface area contributed by atoms with Crippen molar-refractivity contribution < 1.29 is 14.7 Å². The largest absolute Gasteiger partial charge is 0.392 e. The summed E-state index contributed by atoms with van der Waals surface area (Å²) in [6.45, 7) is 5.19. The number of aromatic nitrogens is 4. The lowest BCUT2D eigenvalue weighted by atomic mass is 10.0. The number of aromatic amines is 1. The fraction of sp³-hybridized carbons (Fsp3) is 0.591. The first kappa shape index (κ1) is 22.3. The number of piperidine rings is 1. The quantitative estimate of drug-likeness (QED) is 0.518. The molecule has 4 rings (SSSR count). The second-order valence-electron chi connectivity index (χ2n) is 8.69. The Bertz CT molecular complexity index is 939. The van der Waals surface area contributed by atoms with Crippen molar-refractivity contribution in [3.63, 3.8) is 0 Å². The summed E-state index contributed by atoms with van der Waals surface area (Å²) in [5.74, 6) is 0.621. The molecule has 1 fully saturated rings. The first-order valence-electron chi connectivity index (χ1n) is 11.3. The lowest BCUT2D eigenvalue weighted by molar-refractivity contribution is -0.129. The van der Waals surface area contributed by atoms with E-state index in [2.05, 4.69) is 30.4 Å². The van der Waals surface area contributed by atoms with Gasteiger partial charge in [-0.15, -0.1) is 0 Å². The Morgan fingerprint density at radius 2 is 2.09 bits per heavy atom. The van der Waals surface area contributed by atoms with Gasteiger partial charge in [0.15, 0.2) is 5.78 Å². The van der Waals surface area contributed by atoms with Crippen LogP contribution in [0.1, 0.15) is 54.4 Å². The van der Waals surface area contributed by atoms with Gasteiger partial charge < -0.3 is 15.3 Å². The van der Waals surface area contributed by atoms with Gasteiger partial charge in [0.1, 0.15) is 17.8 Å². The second kappa shape index (κ2) is 10.2. The summed E-state index contributed by atoms with van der Waals surface area (Å²) in [4.78, 5) is 36.5. The minimum atomic E-state index is -0.575. The van der Waals surface area contributed by atoms with E-state index in [9.17, 15) is 14.7 Å². The van der Waals surface area contributed by atoms with Gasteiger partial charge in [0, 0.05) is 58.2 Å². The van der Waals surface area contributed by atoms with Crippen LogP contribution in [0.2, 0.25) is 0 Å². The highest BCUT2D eigenvalue weighted by molar-refractivity contribution is 5.94. The van der Waals surface area contributed by atoms with Crippen LogP contribution < -0.4 is 5.32 Å². The molecule has 32 heavy (non-hydrogen) atoms. The van der Waals surface area contributed by atoms with Gasteiger partial charge in [-0.2, -0.15) is 5.10 Å². The highest BCUT2D eigenvalue weighted by atomic mass is 16.3. The Morgan fingerprint density at radius 1 is 1.28 bits per heavy atom. The van der Waals surface area contributed by atoms with E-state index < -0.39 is 6.10 Å². The number of rotatable bonds is 8. The molecule has 4 heterocycles. The van der Waals surface area contributed by atoms with Gasteiger partial charge >= 0.3 is 0 Å². The number of aliphatic hydroxyl groups is 1. The number of hydrogen-bond donors (Lipinski definition) is 3. The van der Waals surface area contributed by atoms with Crippen molar-refractivity contribution in [1.29, 1.82) is 0 Å². The Morgan fingerprint density at radius 3 is 2.88 bits per heavy atom. The van der Waals surface area contributed by atoms with Gasteiger partial charge in [0.25, 0.3) is 0 Å². The minimum absolute atomic E-state index is 0.101. The Hall–Kier alpha value is -2.85. The van der Waals surface area contributed by atoms with Crippen LogP contribution in [0.3, 0.4) is 0 Å². The number of carbonyl (C=O) groups is 2. The number of amides is 1. The lowest BCUT2D eigenvalue weighted by Crippen LogP contribution is -2.41. The molecule has 0 saturated carbocycles. The van der Waals surface area contributed by atoms with Gasteiger partial charge in [0.2, 0.25) is 5.91 Å². The number of H-pyrrole nitrogens is 1. The number of anilines is 1. The van der Waals surface area contributed by atoms with E-state index in [1.165, 1.54) is 11.9 Å². The van der Waals surface area contributed by atoms with Gasteiger partial charge in [-0.1, -0.05) is 0 Å². The van der Waals surface area contributed by atoms with E-state index in [0.29, 0.717) is 24.5 Å². The number of aliphatic hydroxyl groups excluding tert-OH is 1. The Kier molecular flexibility index (Phi) is 7.11. The number of fused-ring (bicyclic) bond motifs is 1. The molecule has 1 atom stereocenters. The second-order valence-corrected chi connectivity index (χ2v) is 8.69. The highest BCUT2D eigenvalue weighted by Crippen LogP contribution is 2.18. The fourth-order valence-electron chi connectivity index (χ4n) is 4.38. The van der Waals surface area contributed by atoms with Crippen molar-refractivity contribution >= 4 is 17.5 Å². The zero-order valence-electron chi connectivity index (χ0n) is 18.5. The third-order valence-electron chi connectivity index (χ3n) is 6.31. The molecule has 0 aliphatic carbocycles. The van der Waals surface area contributed by atoms with E-state index in [-0.39, 0.29) is 24.2 Å². The first-order valence-corrected chi connectivity index (χ1v) is 11.3. The normalized spacial score (nSPS) is 18.2. The highest BCUT2D eigenvalue weighted by Gasteiger charge is 2.22. The smallest absolute Gasteiger partial charge is 0.219 e. The van der Waals surface area contributed by atoms with Gasteiger partial charge in [-0.05, 0) is 31.2 Å². The number of β-amino-alcohol motifs (C(OH)–C–C–N with tert-alkyl or cyclic N) is 1. The van der Waals surface area contributed by atoms with Crippen molar-refractivity contribution in [2.24, 2.45) is 0 Å². The van der Waals surface area contributed by atoms with Crippen LogP contribution in [0, 0.1) is 0 Å². The number of carbonyl (C=O) groups excluding carboxylic acids is 2. The summed E-state index contributed by atoms with van der Waals surface area (Å²) in [6.07, 6.45) is 5.91. The Balaban J connectivity index is 1.23. The maximum Gasteiger partial charge on any atom is 0.219 e. The summed E-state index contributed by atoms with van der Waals surface area (Å²) in [6, 6.07) is 1.89. The molecular formula is C22H31N7O3. The predicted octanol–water partition coefficient (Wildman–Crippen LogP) is 1.00. The van der Waals surface area contributed by atoms with E-state index >= 15 is 0 Å². The molecule has 0 radical (unpaired) electrons. The first-order chi connectivity index (χ1) is 15.5. The summed E-state index contributed by atoms with van der Waals surface area (Å²) >= 11 is 0. The third-order valence-corrected chi connectivity index (χ3v) is 6.31. The monoisotopic (exact) mass is 441 g/mol. The molecule has 2 aromatic heterocycles. The van der Waals surface area contributed by atoms with Crippen molar-refractivity contribution in [3.8, 4) is 0 Å². The van der Waals surface area contributed by atoms with Gasteiger partial charge in [-0.25, -0.2) is 9.97 Å². The summed E-state index contributed by atoms with van der Waals surface area (Å²) in [5.41, 5.74) is 2.70. The number of hydrogen-bond acceptors (Lipinski definition) is 8. The zero-order valence-corrected chi connectivity index (χ0v) is 18.5. The van der Waals surface area contributed by atoms with Crippen molar-refractivity contribution in [2.45, 2.75) is 57.7 Å². The number of nitrogens with one attached hydrogen (secondary N) is 2. The van der Waals surface area contributed by atoms with Crippen molar-refractivity contribution in [2.75, 3.05) is 31.5 Å². The summed E-state index contributed by atoms with van der Waals surface area (Å²) in [7, 11) is 0.